The number of aliphatic carboxylic acids is 1. The van der Waals surface area contributed by atoms with Gasteiger partial charge in [-0.05, 0) is 41.1 Å². The normalized spacial score (nSPS) is 11.9. The molecule has 0 radical (unpaired) electrons. The Balaban J connectivity index is 2.91. The summed E-state index contributed by atoms with van der Waals surface area (Å²) in [5.41, 5.74) is 0.0993. The van der Waals surface area contributed by atoms with Crippen molar-refractivity contribution in [3.63, 3.8) is 0 Å². The van der Waals surface area contributed by atoms with E-state index in [0.29, 0.717) is 10.2 Å². The summed E-state index contributed by atoms with van der Waals surface area (Å²) in [6.45, 7) is 1.39. The summed E-state index contributed by atoms with van der Waals surface area (Å²) < 4.78 is 5.51. The lowest BCUT2D eigenvalue weighted by Gasteiger charge is -2.12. The van der Waals surface area contributed by atoms with Gasteiger partial charge in [-0.15, -0.1) is 0 Å². The van der Waals surface area contributed by atoms with Crippen molar-refractivity contribution in [1.82, 2.24) is 0 Å². The zero-order valence-electron chi connectivity index (χ0n) is 8.31. The van der Waals surface area contributed by atoms with Crippen LogP contribution in [0.1, 0.15) is 17.3 Å². The van der Waals surface area contributed by atoms with Crippen LogP contribution in [0, 0.1) is 0 Å². The smallest absolute Gasteiger partial charge is 0.344 e. The van der Waals surface area contributed by atoms with Gasteiger partial charge in [0.1, 0.15) is 5.75 Å². The number of carbonyl (C=O) groups is 2. The van der Waals surface area contributed by atoms with Gasteiger partial charge < -0.3 is 14.9 Å². The SMILES string of the molecule is CC(Oc1ccc(C(=O)O)cc1Br)C(=O)O. The van der Waals surface area contributed by atoms with Crippen molar-refractivity contribution in [2.45, 2.75) is 13.0 Å². The Morgan fingerprint density at radius 3 is 2.44 bits per heavy atom. The van der Waals surface area contributed by atoms with Crippen molar-refractivity contribution in [1.29, 1.82) is 0 Å². The van der Waals surface area contributed by atoms with E-state index in [-0.39, 0.29) is 5.56 Å². The number of hydrogen-bond acceptors (Lipinski definition) is 3. The van der Waals surface area contributed by atoms with Gasteiger partial charge in [0.15, 0.2) is 6.10 Å². The molecule has 6 heteroatoms. The molecule has 0 aromatic heterocycles. The highest BCUT2D eigenvalue weighted by atomic mass is 79.9. The lowest BCUT2D eigenvalue weighted by atomic mass is 10.2. The van der Waals surface area contributed by atoms with Crippen LogP contribution < -0.4 is 4.74 Å². The zero-order chi connectivity index (χ0) is 12.3. The van der Waals surface area contributed by atoms with Crippen molar-refractivity contribution in [3.05, 3.63) is 28.2 Å². The van der Waals surface area contributed by atoms with Crippen LogP contribution in [-0.4, -0.2) is 28.3 Å². The number of hydrogen-bond donors (Lipinski definition) is 2. The predicted molar refractivity (Wildman–Crippen MR) is 58.8 cm³/mol. The van der Waals surface area contributed by atoms with E-state index in [1.165, 1.54) is 25.1 Å². The molecule has 0 amide bonds. The van der Waals surface area contributed by atoms with E-state index in [0.717, 1.165) is 0 Å². The fourth-order valence-electron chi connectivity index (χ4n) is 0.970. The maximum atomic E-state index is 10.6. The van der Waals surface area contributed by atoms with Crippen LogP contribution in [-0.2, 0) is 4.79 Å². The van der Waals surface area contributed by atoms with Gasteiger partial charge in [0.25, 0.3) is 0 Å². The minimum absolute atomic E-state index is 0.0993. The molecule has 0 saturated heterocycles. The Labute approximate surface area is 99.8 Å². The van der Waals surface area contributed by atoms with Gasteiger partial charge in [-0.1, -0.05) is 0 Å². The maximum Gasteiger partial charge on any atom is 0.344 e. The van der Waals surface area contributed by atoms with Crippen LogP contribution >= 0.6 is 15.9 Å². The minimum atomic E-state index is -1.09. The number of halogens is 1. The monoisotopic (exact) mass is 288 g/mol. The topological polar surface area (TPSA) is 83.8 Å². The van der Waals surface area contributed by atoms with Crippen LogP contribution in [0.4, 0.5) is 0 Å². The van der Waals surface area contributed by atoms with Gasteiger partial charge >= 0.3 is 11.9 Å². The van der Waals surface area contributed by atoms with Gasteiger partial charge in [-0.3, -0.25) is 0 Å². The highest BCUT2D eigenvalue weighted by Crippen LogP contribution is 2.26. The van der Waals surface area contributed by atoms with Crippen LogP contribution in [0.2, 0.25) is 0 Å². The molecule has 1 aromatic carbocycles. The van der Waals surface area contributed by atoms with E-state index in [4.69, 9.17) is 14.9 Å². The minimum Gasteiger partial charge on any atom is -0.479 e. The molecule has 0 fully saturated rings. The predicted octanol–water partition coefficient (Wildman–Crippen LogP) is 2.00. The van der Waals surface area contributed by atoms with Gasteiger partial charge in [-0.25, -0.2) is 9.59 Å². The molecule has 1 unspecified atom stereocenters. The first-order chi connectivity index (χ1) is 7.41. The number of benzene rings is 1. The van der Waals surface area contributed by atoms with Crippen molar-refractivity contribution >= 4 is 27.9 Å². The summed E-state index contributed by atoms with van der Waals surface area (Å²) in [4.78, 5) is 21.2. The van der Waals surface area contributed by atoms with Gasteiger partial charge in [-0.2, -0.15) is 0 Å². The highest BCUT2D eigenvalue weighted by Gasteiger charge is 2.15. The molecule has 2 N–H and O–H groups in total. The Morgan fingerprint density at radius 1 is 1.38 bits per heavy atom. The largest absolute Gasteiger partial charge is 0.479 e. The maximum absolute atomic E-state index is 10.6. The summed E-state index contributed by atoms with van der Waals surface area (Å²) in [6, 6.07) is 4.11. The molecular formula is C10H9BrO5. The van der Waals surface area contributed by atoms with Gasteiger partial charge in [0.05, 0.1) is 10.0 Å². The molecule has 1 rings (SSSR count). The van der Waals surface area contributed by atoms with Crippen LogP contribution in [0.15, 0.2) is 22.7 Å². The number of aromatic carboxylic acids is 1. The second kappa shape index (κ2) is 4.98. The number of rotatable bonds is 4. The van der Waals surface area contributed by atoms with E-state index in [1.54, 1.807) is 0 Å². The number of carboxylic acids is 2. The summed E-state index contributed by atoms with van der Waals surface area (Å²) in [7, 11) is 0. The number of ether oxygens (including phenoxy) is 1. The fourth-order valence-corrected chi connectivity index (χ4v) is 1.44. The summed E-state index contributed by atoms with van der Waals surface area (Å²) in [5.74, 6) is -1.85. The third-order valence-corrected chi connectivity index (χ3v) is 2.45. The Bertz CT molecular complexity index is 429. The highest BCUT2D eigenvalue weighted by molar-refractivity contribution is 9.10. The molecule has 0 heterocycles. The second-order valence-electron chi connectivity index (χ2n) is 3.05. The molecular weight excluding hydrogens is 280 g/mol. The molecule has 5 nitrogen and oxygen atoms in total. The van der Waals surface area contributed by atoms with Crippen LogP contribution in [0.3, 0.4) is 0 Å². The molecule has 0 aliphatic carbocycles. The summed E-state index contributed by atoms with van der Waals surface area (Å²) >= 11 is 3.11. The first-order valence-electron chi connectivity index (χ1n) is 4.34. The zero-order valence-corrected chi connectivity index (χ0v) is 9.89. The lowest BCUT2D eigenvalue weighted by molar-refractivity contribution is -0.144. The van der Waals surface area contributed by atoms with Crippen molar-refractivity contribution in [2.24, 2.45) is 0 Å². The van der Waals surface area contributed by atoms with E-state index < -0.39 is 18.0 Å². The number of carboxylic acid groups (broad SMARTS) is 2. The fraction of sp³-hybridized carbons (Fsp3) is 0.200. The molecule has 0 spiro atoms. The van der Waals surface area contributed by atoms with Crippen LogP contribution in [0.5, 0.6) is 5.75 Å². The van der Waals surface area contributed by atoms with Gasteiger partial charge in [0, 0.05) is 0 Å². The molecule has 0 aliphatic heterocycles. The first kappa shape index (κ1) is 12.5. The average Bonchev–Trinajstić information content (AvgIpc) is 2.20. The molecule has 16 heavy (non-hydrogen) atoms. The van der Waals surface area contributed by atoms with Crippen molar-refractivity contribution in [2.75, 3.05) is 0 Å². The van der Waals surface area contributed by atoms with Crippen molar-refractivity contribution in [3.8, 4) is 5.75 Å². The van der Waals surface area contributed by atoms with E-state index in [2.05, 4.69) is 15.9 Å². The third-order valence-electron chi connectivity index (χ3n) is 1.83. The quantitative estimate of drug-likeness (QED) is 0.885. The summed E-state index contributed by atoms with van der Waals surface area (Å²) in [5, 5.41) is 17.4. The molecule has 86 valence electrons. The lowest BCUT2D eigenvalue weighted by Crippen LogP contribution is -2.23. The average molecular weight is 289 g/mol. The Morgan fingerprint density at radius 2 is 2.00 bits per heavy atom. The third kappa shape index (κ3) is 2.96. The second-order valence-corrected chi connectivity index (χ2v) is 3.90. The van der Waals surface area contributed by atoms with E-state index in [9.17, 15) is 9.59 Å². The molecule has 1 atom stereocenters. The standard InChI is InChI=1S/C10H9BrO5/c1-5(9(12)13)16-8-3-2-6(10(14)15)4-7(8)11/h2-5H,1H3,(H,12,13)(H,14,15). The molecule has 0 aliphatic rings. The Hall–Kier alpha value is -1.56. The van der Waals surface area contributed by atoms with E-state index in [1.807, 2.05) is 0 Å². The van der Waals surface area contributed by atoms with Crippen LogP contribution in [0.25, 0.3) is 0 Å². The van der Waals surface area contributed by atoms with Gasteiger partial charge in [0.2, 0.25) is 0 Å². The molecule has 0 saturated carbocycles. The first-order valence-corrected chi connectivity index (χ1v) is 5.13. The Kier molecular flexibility index (Phi) is 3.89. The molecule has 0 bridgehead atoms. The summed E-state index contributed by atoms with van der Waals surface area (Å²) in [6.07, 6.45) is -0.994. The van der Waals surface area contributed by atoms with E-state index >= 15 is 0 Å². The van der Waals surface area contributed by atoms with Crippen molar-refractivity contribution < 1.29 is 24.5 Å². The molecule has 1 aromatic rings.